The molecule has 0 atom stereocenters. The molecule has 0 bridgehead atoms. The van der Waals surface area contributed by atoms with E-state index in [0.717, 1.165) is 39.8 Å². The number of benzene rings is 1. The molecule has 0 N–H and O–H groups in total. The average Bonchev–Trinajstić information content (AvgIpc) is 3.22. The highest BCUT2D eigenvalue weighted by Gasteiger charge is 2.34. The van der Waals surface area contributed by atoms with Crippen molar-refractivity contribution in [3.8, 4) is 11.3 Å². The van der Waals surface area contributed by atoms with Gasteiger partial charge in [-0.2, -0.15) is 0 Å². The van der Waals surface area contributed by atoms with Gasteiger partial charge in [-0.15, -0.1) is 0 Å². The zero-order valence-electron chi connectivity index (χ0n) is 11.4. The van der Waals surface area contributed by atoms with Crippen molar-refractivity contribution in [1.82, 2.24) is 4.57 Å². The van der Waals surface area contributed by atoms with Gasteiger partial charge in [0.15, 0.2) is 5.78 Å². The van der Waals surface area contributed by atoms with Gasteiger partial charge in [0.25, 0.3) is 0 Å². The Morgan fingerprint density at radius 2 is 1.90 bits per heavy atom. The SMILES string of the molecule is Cc1c(C(=O)C2CC2)c(Br)n(C)c1-c1ccc(Cl)cc1. The van der Waals surface area contributed by atoms with Crippen molar-refractivity contribution in [3.63, 3.8) is 0 Å². The number of ketones is 1. The van der Waals surface area contributed by atoms with Crippen LogP contribution < -0.4 is 0 Å². The fourth-order valence-corrected chi connectivity index (χ4v) is 3.44. The highest BCUT2D eigenvalue weighted by atomic mass is 79.9. The van der Waals surface area contributed by atoms with Crippen LogP contribution in [0.4, 0.5) is 0 Å². The largest absolute Gasteiger partial charge is 0.338 e. The minimum Gasteiger partial charge on any atom is -0.338 e. The molecule has 0 aliphatic heterocycles. The van der Waals surface area contributed by atoms with Gasteiger partial charge in [0.2, 0.25) is 0 Å². The molecule has 1 aliphatic rings. The predicted octanol–water partition coefficient (Wildman–Crippen LogP) is 5.01. The van der Waals surface area contributed by atoms with E-state index in [1.165, 1.54) is 0 Å². The first-order valence-corrected chi connectivity index (χ1v) is 7.82. The molecule has 0 radical (unpaired) electrons. The smallest absolute Gasteiger partial charge is 0.168 e. The van der Waals surface area contributed by atoms with Crippen molar-refractivity contribution < 1.29 is 4.79 Å². The third-order valence-corrected chi connectivity index (χ3v) is 5.06. The number of rotatable bonds is 3. The second-order valence-corrected chi connectivity index (χ2v) is 6.53. The fraction of sp³-hybridized carbons (Fsp3) is 0.312. The van der Waals surface area contributed by atoms with Crippen molar-refractivity contribution in [2.45, 2.75) is 19.8 Å². The quantitative estimate of drug-likeness (QED) is 0.712. The average molecular weight is 353 g/mol. The second kappa shape index (κ2) is 5.05. The predicted molar refractivity (Wildman–Crippen MR) is 85.4 cm³/mol. The molecule has 0 spiro atoms. The molecule has 2 aromatic rings. The van der Waals surface area contributed by atoms with Crippen LogP contribution in [-0.2, 0) is 7.05 Å². The minimum absolute atomic E-state index is 0.227. The first kappa shape index (κ1) is 13.9. The molecule has 0 saturated heterocycles. The summed E-state index contributed by atoms with van der Waals surface area (Å²) in [6, 6.07) is 7.73. The van der Waals surface area contributed by atoms with Crippen LogP contribution in [-0.4, -0.2) is 10.4 Å². The molecular weight excluding hydrogens is 338 g/mol. The summed E-state index contributed by atoms with van der Waals surface area (Å²) in [5.41, 5.74) is 4.01. The number of Topliss-reactive ketones (excluding diaryl/α,β-unsaturated/α-hetero) is 1. The minimum atomic E-state index is 0.227. The monoisotopic (exact) mass is 351 g/mol. The molecule has 2 nitrogen and oxygen atoms in total. The summed E-state index contributed by atoms with van der Waals surface area (Å²) in [4.78, 5) is 12.4. The molecule has 1 aromatic heterocycles. The van der Waals surface area contributed by atoms with Crippen LogP contribution in [0.5, 0.6) is 0 Å². The molecule has 1 fully saturated rings. The summed E-state index contributed by atoms with van der Waals surface area (Å²) in [5, 5.41) is 0.717. The van der Waals surface area contributed by atoms with E-state index in [-0.39, 0.29) is 11.7 Å². The van der Waals surface area contributed by atoms with Gasteiger partial charge in [0.05, 0.1) is 15.9 Å². The fourth-order valence-electron chi connectivity index (χ4n) is 2.64. The van der Waals surface area contributed by atoms with E-state index in [1.54, 1.807) is 0 Å². The van der Waals surface area contributed by atoms with Gasteiger partial charge in [-0.1, -0.05) is 23.7 Å². The molecular formula is C16H15BrClNO. The van der Waals surface area contributed by atoms with Gasteiger partial charge in [-0.25, -0.2) is 0 Å². The van der Waals surface area contributed by atoms with E-state index >= 15 is 0 Å². The van der Waals surface area contributed by atoms with Crippen LogP contribution in [0, 0.1) is 12.8 Å². The van der Waals surface area contributed by atoms with E-state index in [1.807, 2.05) is 42.8 Å². The number of hydrogen-bond acceptors (Lipinski definition) is 1. The van der Waals surface area contributed by atoms with E-state index in [4.69, 9.17) is 11.6 Å². The zero-order chi connectivity index (χ0) is 14.4. The lowest BCUT2D eigenvalue weighted by atomic mass is 10.0. The number of carbonyl (C=O) groups is 1. The molecule has 20 heavy (non-hydrogen) atoms. The van der Waals surface area contributed by atoms with Gasteiger partial charge >= 0.3 is 0 Å². The first-order chi connectivity index (χ1) is 9.50. The number of nitrogens with zero attached hydrogens (tertiary/aromatic N) is 1. The Kier molecular flexibility index (Phi) is 3.51. The highest BCUT2D eigenvalue weighted by molar-refractivity contribution is 9.10. The number of hydrogen-bond donors (Lipinski definition) is 0. The van der Waals surface area contributed by atoms with Crippen LogP contribution in [0.1, 0.15) is 28.8 Å². The lowest BCUT2D eigenvalue weighted by Gasteiger charge is -2.06. The number of carbonyl (C=O) groups excluding carboxylic acids is 1. The Morgan fingerprint density at radius 1 is 1.30 bits per heavy atom. The van der Waals surface area contributed by atoms with E-state index in [2.05, 4.69) is 15.9 Å². The van der Waals surface area contributed by atoms with Gasteiger partial charge in [0.1, 0.15) is 0 Å². The van der Waals surface area contributed by atoms with Crippen LogP contribution in [0.15, 0.2) is 28.9 Å². The van der Waals surface area contributed by atoms with E-state index in [0.29, 0.717) is 5.02 Å². The molecule has 1 saturated carbocycles. The van der Waals surface area contributed by atoms with Gasteiger partial charge in [-0.3, -0.25) is 4.79 Å². The van der Waals surface area contributed by atoms with Crippen molar-refractivity contribution in [3.05, 3.63) is 45.0 Å². The maximum absolute atomic E-state index is 12.4. The Bertz CT molecular complexity index is 683. The van der Waals surface area contributed by atoms with Gasteiger partial charge in [-0.05, 0) is 59.0 Å². The Labute approximate surface area is 131 Å². The maximum Gasteiger partial charge on any atom is 0.168 e. The molecule has 104 valence electrons. The zero-order valence-corrected chi connectivity index (χ0v) is 13.8. The molecule has 0 amide bonds. The Morgan fingerprint density at radius 3 is 2.45 bits per heavy atom. The summed E-state index contributed by atoms with van der Waals surface area (Å²) >= 11 is 9.52. The van der Waals surface area contributed by atoms with Crippen molar-refractivity contribution >= 4 is 33.3 Å². The summed E-state index contributed by atoms with van der Waals surface area (Å²) in [6.07, 6.45) is 2.05. The number of aromatic nitrogens is 1. The molecule has 4 heteroatoms. The van der Waals surface area contributed by atoms with Crippen molar-refractivity contribution in [1.29, 1.82) is 0 Å². The van der Waals surface area contributed by atoms with Crippen LogP contribution >= 0.6 is 27.5 Å². The third-order valence-electron chi connectivity index (χ3n) is 3.88. The van der Waals surface area contributed by atoms with Crippen LogP contribution in [0.2, 0.25) is 5.02 Å². The maximum atomic E-state index is 12.4. The summed E-state index contributed by atoms with van der Waals surface area (Å²) in [5.74, 6) is 0.496. The number of halogens is 2. The lowest BCUT2D eigenvalue weighted by molar-refractivity contribution is 0.0966. The molecule has 1 aromatic carbocycles. The van der Waals surface area contributed by atoms with E-state index < -0.39 is 0 Å². The molecule has 1 heterocycles. The van der Waals surface area contributed by atoms with Crippen LogP contribution in [0.3, 0.4) is 0 Å². The summed E-state index contributed by atoms with van der Waals surface area (Å²) in [7, 11) is 1.98. The summed E-state index contributed by atoms with van der Waals surface area (Å²) in [6.45, 7) is 2.02. The second-order valence-electron chi connectivity index (χ2n) is 5.34. The Hall–Kier alpha value is -1.06. The molecule has 0 unspecified atom stereocenters. The van der Waals surface area contributed by atoms with E-state index in [9.17, 15) is 4.79 Å². The summed E-state index contributed by atoms with van der Waals surface area (Å²) < 4.78 is 2.91. The van der Waals surface area contributed by atoms with Crippen LogP contribution in [0.25, 0.3) is 11.3 Å². The standard InChI is InChI=1S/C16H15BrClNO/c1-9-13(15(20)11-3-4-11)16(17)19(2)14(9)10-5-7-12(18)8-6-10/h5-8,11H,3-4H2,1-2H3. The Balaban J connectivity index is 2.14. The van der Waals surface area contributed by atoms with Gasteiger partial charge in [0, 0.05) is 18.0 Å². The highest BCUT2D eigenvalue weighted by Crippen LogP contribution is 2.40. The first-order valence-electron chi connectivity index (χ1n) is 6.65. The lowest BCUT2D eigenvalue weighted by Crippen LogP contribution is -2.03. The normalized spacial score (nSPS) is 14.6. The van der Waals surface area contributed by atoms with Crippen molar-refractivity contribution in [2.24, 2.45) is 13.0 Å². The molecule has 1 aliphatic carbocycles. The topological polar surface area (TPSA) is 22.0 Å². The van der Waals surface area contributed by atoms with Gasteiger partial charge < -0.3 is 4.57 Å². The third kappa shape index (κ3) is 2.23. The molecule has 3 rings (SSSR count). The van der Waals surface area contributed by atoms with Crippen molar-refractivity contribution in [2.75, 3.05) is 0 Å².